The van der Waals surface area contributed by atoms with Crippen molar-refractivity contribution < 1.29 is 9.59 Å². The van der Waals surface area contributed by atoms with Gasteiger partial charge in [0.2, 0.25) is 11.8 Å². The lowest BCUT2D eigenvalue weighted by atomic mass is 10.0. The largest absolute Gasteiger partial charge is 0.354 e. The van der Waals surface area contributed by atoms with Crippen LogP contribution in [0.1, 0.15) is 63.1 Å². The Kier molecular flexibility index (Phi) is 11.1. The first-order valence-corrected chi connectivity index (χ1v) is 12.2. The molecule has 0 aromatic heterocycles. The van der Waals surface area contributed by atoms with Crippen molar-refractivity contribution in [2.45, 2.75) is 71.9 Å². The number of nitrogens with zero attached hydrogens (tertiary/aromatic N) is 1. The summed E-state index contributed by atoms with van der Waals surface area (Å²) >= 11 is 12.4. The monoisotopic (exact) mass is 476 g/mol. The van der Waals surface area contributed by atoms with Crippen molar-refractivity contribution in [1.29, 1.82) is 0 Å². The lowest BCUT2D eigenvalue weighted by Crippen LogP contribution is -2.49. The van der Waals surface area contributed by atoms with E-state index in [1.807, 2.05) is 13.0 Å². The Bertz CT molecular complexity index is 884. The van der Waals surface area contributed by atoms with Gasteiger partial charge in [0, 0.05) is 29.6 Å². The average molecular weight is 477 g/mol. The van der Waals surface area contributed by atoms with Crippen molar-refractivity contribution in [3.8, 4) is 0 Å². The Hall–Kier alpha value is -2.04. The highest BCUT2D eigenvalue weighted by atomic mass is 35.5. The highest BCUT2D eigenvalue weighted by Crippen LogP contribution is 2.24. The number of hydrogen-bond donors (Lipinski definition) is 1. The zero-order chi connectivity index (χ0) is 23.5. The molecule has 2 amide bonds. The minimum Gasteiger partial charge on any atom is -0.354 e. The Morgan fingerprint density at radius 3 is 2.28 bits per heavy atom. The van der Waals surface area contributed by atoms with Crippen molar-refractivity contribution in [2.24, 2.45) is 0 Å². The summed E-state index contributed by atoms with van der Waals surface area (Å²) in [7, 11) is 0. The summed E-state index contributed by atoms with van der Waals surface area (Å²) in [4.78, 5) is 27.9. The quantitative estimate of drug-likeness (QED) is 0.370. The number of nitrogens with one attached hydrogen (secondary N) is 1. The van der Waals surface area contributed by atoms with Gasteiger partial charge in [-0.15, -0.1) is 0 Å². The summed E-state index contributed by atoms with van der Waals surface area (Å²) < 4.78 is 0. The van der Waals surface area contributed by atoms with E-state index >= 15 is 0 Å². The first kappa shape index (κ1) is 26.2. The predicted octanol–water partition coefficient (Wildman–Crippen LogP) is 6.21. The molecule has 0 aliphatic heterocycles. The number of unbranched alkanes of at least 4 members (excludes halogenated alkanes) is 1. The molecule has 0 aliphatic rings. The van der Waals surface area contributed by atoms with Crippen LogP contribution in [0.25, 0.3) is 0 Å². The number of carbonyl (C=O) groups excluding carboxylic acids is 2. The van der Waals surface area contributed by atoms with Gasteiger partial charge in [0.25, 0.3) is 0 Å². The first-order chi connectivity index (χ1) is 15.4. The summed E-state index contributed by atoms with van der Waals surface area (Å²) in [6.07, 6.45) is 4.38. The van der Waals surface area contributed by atoms with Crippen LogP contribution in [-0.4, -0.2) is 29.3 Å². The highest BCUT2D eigenvalue weighted by molar-refractivity contribution is 6.35. The van der Waals surface area contributed by atoms with Gasteiger partial charge in [-0.05, 0) is 54.5 Å². The molecule has 2 aromatic carbocycles. The Morgan fingerprint density at radius 1 is 1.00 bits per heavy atom. The standard InChI is InChI=1S/C26H34Cl2N2O2/c1-4-7-16-29-26(32)24(6-3)30(18-21-13-14-22(27)17-23(21)28)25(31)15-12-20-10-8-19(5-2)9-11-20/h8-11,13-14,17,24H,4-7,12,15-16,18H2,1-3H3,(H,29,32)/t24-/m0/s1. The van der Waals surface area contributed by atoms with E-state index in [1.54, 1.807) is 17.0 Å². The van der Waals surface area contributed by atoms with Crippen molar-refractivity contribution >= 4 is 35.0 Å². The number of aryl methyl sites for hydroxylation is 2. The molecule has 4 nitrogen and oxygen atoms in total. The molecular weight excluding hydrogens is 443 g/mol. The van der Waals surface area contributed by atoms with Crippen molar-refractivity contribution in [3.63, 3.8) is 0 Å². The van der Waals surface area contributed by atoms with Crippen molar-refractivity contribution in [1.82, 2.24) is 10.2 Å². The lowest BCUT2D eigenvalue weighted by Gasteiger charge is -2.31. The highest BCUT2D eigenvalue weighted by Gasteiger charge is 2.28. The van der Waals surface area contributed by atoms with Gasteiger partial charge in [-0.2, -0.15) is 0 Å². The van der Waals surface area contributed by atoms with Crippen molar-refractivity contribution in [3.05, 3.63) is 69.2 Å². The van der Waals surface area contributed by atoms with Gasteiger partial charge in [-0.3, -0.25) is 9.59 Å². The van der Waals surface area contributed by atoms with Gasteiger partial charge in [-0.1, -0.05) is 80.7 Å². The minimum absolute atomic E-state index is 0.0620. The molecule has 0 fully saturated rings. The van der Waals surface area contributed by atoms with Gasteiger partial charge in [0.15, 0.2) is 0 Å². The molecule has 0 aliphatic carbocycles. The number of carbonyl (C=O) groups is 2. The number of hydrogen-bond acceptors (Lipinski definition) is 2. The minimum atomic E-state index is -0.548. The summed E-state index contributed by atoms with van der Waals surface area (Å²) in [6, 6.07) is 13.0. The summed E-state index contributed by atoms with van der Waals surface area (Å²) in [5.41, 5.74) is 3.16. The Balaban J connectivity index is 2.19. The third-order valence-corrected chi connectivity index (χ3v) is 6.22. The van der Waals surface area contributed by atoms with Crippen LogP contribution in [0.3, 0.4) is 0 Å². The average Bonchev–Trinajstić information content (AvgIpc) is 2.79. The molecule has 0 unspecified atom stereocenters. The summed E-state index contributed by atoms with van der Waals surface area (Å²) in [6.45, 7) is 7.00. The molecule has 0 heterocycles. The van der Waals surface area contributed by atoms with Crippen LogP contribution in [0.15, 0.2) is 42.5 Å². The van der Waals surface area contributed by atoms with Crippen LogP contribution >= 0.6 is 23.2 Å². The second kappa shape index (κ2) is 13.5. The molecule has 0 radical (unpaired) electrons. The van der Waals surface area contributed by atoms with Crippen molar-refractivity contribution in [2.75, 3.05) is 6.54 Å². The Morgan fingerprint density at radius 2 is 1.69 bits per heavy atom. The zero-order valence-corrected chi connectivity index (χ0v) is 20.8. The van der Waals surface area contributed by atoms with E-state index in [9.17, 15) is 9.59 Å². The molecule has 0 spiro atoms. The third-order valence-electron chi connectivity index (χ3n) is 5.63. The number of halogens is 2. The first-order valence-electron chi connectivity index (χ1n) is 11.5. The van der Waals surface area contributed by atoms with Crippen LogP contribution in [0.5, 0.6) is 0 Å². The summed E-state index contributed by atoms with van der Waals surface area (Å²) in [5.74, 6) is -0.181. The van der Waals surface area contributed by atoms with E-state index in [0.29, 0.717) is 35.9 Å². The topological polar surface area (TPSA) is 49.4 Å². The molecule has 1 atom stereocenters. The van der Waals surface area contributed by atoms with Gasteiger partial charge < -0.3 is 10.2 Å². The second-order valence-electron chi connectivity index (χ2n) is 8.00. The summed E-state index contributed by atoms with van der Waals surface area (Å²) in [5, 5.41) is 4.01. The van der Waals surface area contributed by atoms with Crippen LogP contribution in [0.2, 0.25) is 10.0 Å². The maximum absolute atomic E-state index is 13.3. The maximum Gasteiger partial charge on any atom is 0.242 e. The molecule has 6 heteroatoms. The number of rotatable bonds is 12. The van der Waals surface area contributed by atoms with E-state index in [-0.39, 0.29) is 18.4 Å². The molecular formula is C26H34Cl2N2O2. The van der Waals surface area contributed by atoms with Crippen LogP contribution in [-0.2, 0) is 29.0 Å². The van der Waals surface area contributed by atoms with Crippen LogP contribution < -0.4 is 5.32 Å². The molecule has 2 rings (SSSR count). The molecule has 1 N–H and O–H groups in total. The van der Waals surface area contributed by atoms with E-state index in [0.717, 1.165) is 30.4 Å². The fraction of sp³-hybridized carbons (Fsp3) is 0.462. The maximum atomic E-state index is 13.3. The number of amides is 2. The molecule has 174 valence electrons. The van der Waals surface area contributed by atoms with Gasteiger partial charge in [-0.25, -0.2) is 0 Å². The van der Waals surface area contributed by atoms with E-state index in [2.05, 4.69) is 43.4 Å². The van der Waals surface area contributed by atoms with Gasteiger partial charge in [0.1, 0.15) is 6.04 Å². The van der Waals surface area contributed by atoms with E-state index < -0.39 is 6.04 Å². The van der Waals surface area contributed by atoms with Gasteiger partial charge in [0.05, 0.1) is 0 Å². The molecule has 0 bridgehead atoms. The van der Waals surface area contributed by atoms with Crippen LogP contribution in [0, 0.1) is 0 Å². The SMILES string of the molecule is CCCCNC(=O)[C@H](CC)N(Cc1ccc(Cl)cc1Cl)C(=O)CCc1ccc(CC)cc1. The van der Waals surface area contributed by atoms with E-state index in [1.165, 1.54) is 5.56 Å². The Labute approximate surface area is 202 Å². The lowest BCUT2D eigenvalue weighted by molar-refractivity contribution is -0.141. The zero-order valence-electron chi connectivity index (χ0n) is 19.3. The predicted molar refractivity (Wildman–Crippen MR) is 133 cm³/mol. The molecule has 32 heavy (non-hydrogen) atoms. The molecule has 0 saturated carbocycles. The number of benzene rings is 2. The molecule has 0 saturated heterocycles. The molecule has 2 aromatic rings. The smallest absolute Gasteiger partial charge is 0.242 e. The fourth-order valence-corrected chi connectivity index (χ4v) is 4.06. The fourth-order valence-electron chi connectivity index (χ4n) is 3.60. The van der Waals surface area contributed by atoms with E-state index in [4.69, 9.17) is 23.2 Å². The normalized spacial score (nSPS) is 11.8. The third kappa shape index (κ3) is 7.83. The van der Waals surface area contributed by atoms with Gasteiger partial charge >= 0.3 is 0 Å². The van der Waals surface area contributed by atoms with Crippen LogP contribution in [0.4, 0.5) is 0 Å². The second-order valence-corrected chi connectivity index (χ2v) is 8.84.